The maximum Gasteiger partial charge on any atom is 0.337 e. The number of esters is 1. The van der Waals surface area contributed by atoms with E-state index in [9.17, 15) is 4.79 Å². The van der Waals surface area contributed by atoms with Gasteiger partial charge in [-0.15, -0.1) is 0 Å². The van der Waals surface area contributed by atoms with Crippen molar-refractivity contribution in [3.63, 3.8) is 0 Å². The van der Waals surface area contributed by atoms with Gasteiger partial charge in [-0.3, -0.25) is 0 Å². The zero-order chi connectivity index (χ0) is 16.8. The minimum Gasteiger partial charge on any atom is -0.465 e. The second-order valence-corrected chi connectivity index (χ2v) is 7.85. The number of ether oxygens (including phenoxy) is 1. The number of nitrogens with zero attached hydrogens (tertiary/aromatic N) is 2. The van der Waals surface area contributed by atoms with Crippen LogP contribution in [0.4, 0.5) is 0 Å². The zero-order valence-corrected chi connectivity index (χ0v) is 14.9. The molecule has 1 heterocycles. The van der Waals surface area contributed by atoms with Gasteiger partial charge in [0, 0.05) is 6.04 Å². The lowest BCUT2D eigenvalue weighted by atomic mass is 9.70. The molecule has 0 radical (unpaired) electrons. The number of carbonyl (C=O) groups excluding carboxylic acids is 1. The summed E-state index contributed by atoms with van der Waals surface area (Å²) in [4.78, 5) is 16.1. The predicted octanol–water partition coefficient (Wildman–Crippen LogP) is 4.86. The molecule has 1 aromatic heterocycles. The van der Waals surface area contributed by atoms with Crippen LogP contribution in [-0.4, -0.2) is 22.6 Å². The van der Waals surface area contributed by atoms with Crippen LogP contribution in [0.1, 0.15) is 56.4 Å². The number of hydrogen-bond donors (Lipinski definition) is 0. The highest BCUT2D eigenvalue weighted by molar-refractivity contribution is 6.29. The Morgan fingerprint density at radius 3 is 2.78 bits per heavy atom. The maximum absolute atomic E-state index is 11.7. The molecule has 1 aromatic carbocycles. The summed E-state index contributed by atoms with van der Waals surface area (Å²) in [5.74, 6) is 0.302. The minimum absolute atomic E-state index is 0.300. The molecule has 1 aliphatic rings. The molecule has 0 unspecified atom stereocenters. The molecule has 0 aliphatic heterocycles. The van der Waals surface area contributed by atoms with Crippen LogP contribution < -0.4 is 0 Å². The lowest BCUT2D eigenvalue weighted by Crippen LogP contribution is -2.29. The summed E-state index contributed by atoms with van der Waals surface area (Å²) < 4.78 is 6.91. The van der Waals surface area contributed by atoms with E-state index >= 15 is 0 Å². The van der Waals surface area contributed by atoms with Crippen molar-refractivity contribution in [3.05, 3.63) is 29.0 Å². The van der Waals surface area contributed by atoms with Crippen molar-refractivity contribution in [3.8, 4) is 0 Å². The molecule has 1 aliphatic carbocycles. The van der Waals surface area contributed by atoms with Gasteiger partial charge in [-0.2, -0.15) is 0 Å². The van der Waals surface area contributed by atoms with Gasteiger partial charge in [-0.25, -0.2) is 9.78 Å². The van der Waals surface area contributed by atoms with Gasteiger partial charge in [-0.1, -0.05) is 20.8 Å². The SMILES string of the molecule is COC(=O)c1ccc2c(c1)nc(Cl)n2[C@@H]1C[C@H](C)CC(C)(C)C1. The number of rotatable bonds is 2. The number of aromatic nitrogens is 2. The maximum atomic E-state index is 11.7. The smallest absolute Gasteiger partial charge is 0.337 e. The van der Waals surface area contributed by atoms with Crippen molar-refractivity contribution in [2.24, 2.45) is 11.3 Å². The van der Waals surface area contributed by atoms with Gasteiger partial charge < -0.3 is 9.30 Å². The molecule has 4 nitrogen and oxygen atoms in total. The van der Waals surface area contributed by atoms with Crippen LogP contribution in [0.25, 0.3) is 11.0 Å². The van der Waals surface area contributed by atoms with Gasteiger partial charge >= 0.3 is 5.97 Å². The Morgan fingerprint density at radius 1 is 1.39 bits per heavy atom. The highest BCUT2D eigenvalue weighted by Crippen LogP contribution is 2.45. The van der Waals surface area contributed by atoms with E-state index < -0.39 is 0 Å². The standard InChI is InChI=1S/C18H23ClN2O2/c1-11-7-13(10-18(2,3)9-11)21-15-6-5-12(16(22)23-4)8-14(15)20-17(21)19/h5-6,8,11,13H,7,9-10H2,1-4H3/t11-,13+/m0/s1. The predicted molar refractivity (Wildman–Crippen MR) is 91.9 cm³/mol. The second-order valence-electron chi connectivity index (χ2n) is 7.51. The van der Waals surface area contributed by atoms with E-state index in [-0.39, 0.29) is 5.97 Å². The number of methoxy groups -OCH3 is 1. The van der Waals surface area contributed by atoms with Crippen molar-refractivity contribution < 1.29 is 9.53 Å². The Balaban J connectivity index is 2.04. The molecule has 3 rings (SSSR count). The van der Waals surface area contributed by atoms with Crippen molar-refractivity contribution >= 4 is 28.6 Å². The topological polar surface area (TPSA) is 44.1 Å². The Labute approximate surface area is 141 Å². The van der Waals surface area contributed by atoms with Crippen LogP contribution in [-0.2, 0) is 4.74 Å². The molecule has 124 valence electrons. The largest absolute Gasteiger partial charge is 0.465 e. The molecule has 5 heteroatoms. The van der Waals surface area contributed by atoms with Crippen LogP contribution in [0.2, 0.25) is 5.28 Å². The average molecular weight is 335 g/mol. The lowest BCUT2D eigenvalue weighted by molar-refractivity contribution is 0.0601. The first-order valence-electron chi connectivity index (χ1n) is 8.06. The van der Waals surface area contributed by atoms with E-state index in [1.165, 1.54) is 13.5 Å². The van der Waals surface area contributed by atoms with Crippen LogP contribution in [0.15, 0.2) is 18.2 Å². The Morgan fingerprint density at radius 2 is 2.13 bits per heavy atom. The number of benzene rings is 1. The second kappa shape index (κ2) is 5.82. The minimum atomic E-state index is -0.356. The van der Waals surface area contributed by atoms with Crippen molar-refractivity contribution in [2.45, 2.75) is 46.1 Å². The van der Waals surface area contributed by atoms with Gasteiger partial charge in [0.1, 0.15) is 0 Å². The Kier molecular flexibility index (Phi) is 4.13. The molecular formula is C18H23ClN2O2. The quantitative estimate of drug-likeness (QED) is 0.736. The fourth-order valence-corrected chi connectivity index (χ4v) is 4.47. The highest BCUT2D eigenvalue weighted by Gasteiger charge is 2.34. The van der Waals surface area contributed by atoms with E-state index in [0.29, 0.717) is 28.2 Å². The van der Waals surface area contributed by atoms with Gasteiger partial charge in [-0.05, 0) is 60.4 Å². The summed E-state index contributed by atoms with van der Waals surface area (Å²) in [5.41, 5.74) is 2.53. The molecule has 0 bridgehead atoms. The molecule has 0 saturated heterocycles. The number of fused-ring (bicyclic) bond motifs is 1. The first-order chi connectivity index (χ1) is 10.8. The fourth-order valence-electron chi connectivity index (χ4n) is 4.15. The number of halogens is 1. The van der Waals surface area contributed by atoms with Crippen molar-refractivity contribution in [1.29, 1.82) is 0 Å². The van der Waals surface area contributed by atoms with E-state index in [1.807, 2.05) is 6.07 Å². The van der Waals surface area contributed by atoms with Gasteiger partial charge in [0.25, 0.3) is 0 Å². The molecule has 23 heavy (non-hydrogen) atoms. The molecule has 1 saturated carbocycles. The summed E-state index contributed by atoms with van der Waals surface area (Å²) in [6.07, 6.45) is 3.43. The van der Waals surface area contributed by atoms with Crippen LogP contribution in [0.3, 0.4) is 0 Å². The van der Waals surface area contributed by atoms with E-state index in [0.717, 1.165) is 23.9 Å². The van der Waals surface area contributed by atoms with Crippen LogP contribution in [0.5, 0.6) is 0 Å². The van der Waals surface area contributed by atoms with E-state index in [4.69, 9.17) is 16.3 Å². The summed E-state index contributed by atoms with van der Waals surface area (Å²) in [5, 5.41) is 0.497. The number of carbonyl (C=O) groups is 1. The van der Waals surface area contributed by atoms with E-state index in [2.05, 4.69) is 30.3 Å². The summed E-state index contributed by atoms with van der Waals surface area (Å²) in [6.45, 7) is 6.94. The third-order valence-electron chi connectivity index (χ3n) is 4.80. The molecule has 0 N–H and O–H groups in total. The van der Waals surface area contributed by atoms with Gasteiger partial charge in [0.05, 0.1) is 23.7 Å². The Hall–Kier alpha value is -1.55. The summed E-state index contributed by atoms with van der Waals surface area (Å²) in [6, 6.07) is 5.79. The van der Waals surface area contributed by atoms with Crippen molar-refractivity contribution in [1.82, 2.24) is 9.55 Å². The third-order valence-corrected chi connectivity index (χ3v) is 5.06. The zero-order valence-electron chi connectivity index (χ0n) is 14.1. The molecule has 2 aromatic rings. The first kappa shape index (κ1) is 16.3. The molecule has 1 fully saturated rings. The summed E-state index contributed by atoms with van der Waals surface area (Å²) in [7, 11) is 1.38. The fraction of sp³-hybridized carbons (Fsp3) is 0.556. The van der Waals surface area contributed by atoms with Gasteiger partial charge in [0.15, 0.2) is 0 Å². The third kappa shape index (κ3) is 3.09. The molecule has 0 amide bonds. The molecule has 0 spiro atoms. The number of hydrogen-bond acceptors (Lipinski definition) is 3. The van der Waals surface area contributed by atoms with Crippen LogP contribution in [0, 0.1) is 11.3 Å². The number of imidazole rings is 1. The van der Waals surface area contributed by atoms with Gasteiger partial charge in [0.2, 0.25) is 5.28 Å². The summed E-state index contributed by atoms with van der Waals surface area (Å²) >= 11 is 6.44. The van der Waals surface area contributed by atoms with E-state index in [1.54, 1.807) is 12.1 Å². The normalized spacial score (nSPS) is 23.9. The average Bonchev–Trinajstić information content (AvgIpc) is 2.79. The molecular weight excluding hydrogens is 312 g/mol. The lowest BCUT2D eigenvalue weighted by Gasteiger charge is -2.39. The van der Waals surface area contributed by atoms with Crippen molar-refractivity contribution in [2.75, 3.05) is 7.11 Å². The highest BCUT2D eigenvalue weighted by atomic mass is 35.5. The van der Waals surface area contributed by atoms with Crippen LogP contribution >= 0.6 is 11.6 Å². The monoisotopic (exact) mass is 334 g/mol. The first-order valence-corrected chi connectivity index (χ1v) is 8.44. The molecule has 2 atom stereocenters. The Bertz CT molecular complexity index is 751.